The Morgan fingerprint density at radius 2 is 1.64 bits per heavy atom. The van der Waals surface area contributed by atoms with E-state index in [9.17, 15) is 19.5 Å². The lowest BCUT2D eigenvalue weighted by molar-refractivity contribution is -0.189. The van der Waals surface area contributed by atoms with Crippen LogP contribution < -0.4 is 5.56 Å². The molecule has 0 saturated heterocycles. The van der Waals surface area contributed by atoms with E-state index in [1.807, 2.05) is 6.92 Å². The summed E-state index contributed by atoms with van der Waals surface area (Å²) in [4.78, 5) is 45.2. The maximum atomic E-state index is 13.9. The highest BCUT2D eigenvalue weighted by molar-refractivity contribution is 5.90. The molecule has 236 valence electrons. The predicted octanol–water partition coefficient (Wildman–Crippen LogP) is 7.60. The number of hydrogen-bond donors (Lipinski definition) is 1. The van der Waals surface area contributed by atoms with Gasteiger partial charge in [0.2, 0.25) is 5.60 Å². The Bertz CT molecular complexity index is 1590. The molecule has 44 heavy (non-hydrogen) atoms. The highest BCUT2D eigenvalue weighted by atomic mass is 16.6. The largest absolute Gasteiger partial charge is 0.508 e. The summed E-state index contributed by atoms with van der Waals surface area (Å²) in [7, 11) is 0. The molecule has 0 spiro atoms. The van der Waals surface area contributed by atoms with E-state index in [1.54, 1.807) is 35.8 Å². The molecular weight excluding hydrogens is 556 g/mol. The maximum absolute atomic E-state index is 13.9. The van der Waals surface area contributed by atoms with Gasteiger partial charge >= 0.3 is 11.9 Å². The third kappa shape index (κ3) is 6.13. The minimum atomic E-state index is -1.67. The molecule has 2 aliphatic rings. The number of hydrogen-bond acceptors (Lipinski definition) is 7. The van der Waals surface area contributed by atoms with Gasteiger partial charge in [-0.15, -0.1) is 0 Å². The second-order valence-electron chi connectivity index (χ2n) is 12.3. The molecule has 0 saturated carbocycles. The number of ether oxygens (including phenoxy) is 2. The highest BCUT2D eigenvalue weighted by Crippen LogP contribution is 2.42. The molecule has 0 amide bonds. The highest BCUT2D eigenvalue weighted by Gasteiger charge is 2.50. The Balaban J connectivity index is 1.32. The van der Waals surface area contributed by atoms with Gasteiger partial charge in [-0.1, -0.05) is 85.0 Å². The monoisotopic (exact) mass is 602 g/mol. The molecular formula is C36H46N2O6. The molecule has 4 heterocycles. The third-order valence-electron chi connectivity index (χ3n) is 9.38. The number of benzene rings is 1. The van der Waals surface area contributed by atoms with Crippen molar-refractivity contribution in [1.82, 2.24) is 9.55 Å². The number of carbonyl (C=O) groups is 2. The van der Waals surface area contributed by atoms with Crippen LogP contribution in [0.5, 0.6) is 5.75 Å². The summed E-state index contributed by atoms with van der Waals surface area (Å²) < 4.78 is 13.1. The average molecular weight is 603 g/mol. The van der Waals surface area contributed by atoms with Crippen LogP contribution in [0.3, 0.4) is 0 Å². The van der Waals surface area contributed by atoms with Gasteiger partial charge in [0.1, 0.15) is 12.4 Å². The predicted molar refractivity (Wildman–Crippen MR) is 171 cm³/mol. The van der Waals surface area contributed by atoms with Crippen LogP contribution in [0.1, 0.15) is 126 Å². The van der Waals surface area contributed by atoms with Crippen LogP contribution in [0.15, 0.2) is 29.1 Å². The molecule has 0 fully saturated rings. The molecule has 0 radical (unpaired) electrons. The molecule has 2 aliphatic heterocycles. The number of fused-ring (bicyclic) bond motifs is 5. The molecule has 8 heteroatoms. The van der Waals surface area contributed by atoms with Crippen molar-refractivity contribution in [2.75, 3.05) is 0 Å². The van der Waals surface area contributed by atoms with E-state index in [0.717, 1.165) is 34.9 Å². The van der Waals surface area contributed by atoms with Crippen LogP contribution in [0.25, 0.3) is 22.3 Å². The quantitative estimate of drug-likeness (QED) is 0.110. The molecule has 1 aromatic carbocycles. The Kier molecular flexibility index (Phi) is 10.1. The van der Waals surface area contributed by atoms with Gasteiger partial charge in [-0.2, -0.15) is 0 Å². The Labute approximate surface area is 259 Å². The average Bonchev–Trinajstić information content (AvgIpc) is 3.38. The lowest BCUT2D eigenvalue weighted by Crippen LogP contribution is -2.47. The number of aromatic hydroxyl groups is 1. The number of aryl methyl sites for hydroxylation is 1. The van der Waals surface area contributed by atoms with Gasteiger partial charge in [0, 0.05) is 22.9 Å². The van der Waals surface area contributed by atoms with E-state index in [1.165, 1.54) is 51.4 Å². The van der Waals surface area contributed by atoms with E-state index in [-0.39, 0.29) is 30.8 Å². The summed E-state index contributed by atoms with van der Waals surface area (Å²) in [6.45, 7) is 6.23. The lowest BCUT2D eigenvalue weighted by Gasteiger charge is -2.35. The number of pyridine rings is 2. The van der Waals surface area contributed by atoms with Gasteiger partial charge in [-0.05, 0) is 49.1 Å². The smallest absolute Gasteiger partial charge is 0.355 e. The SMILES string of the molecule is CCCCCCCCCCCCCC(=O)O[C@]1(CC)C(=O)OCc2c1cc1n(c2=O)Cc2c-1nc1ccc(O)cc1c2CC. The number of phenols is 1. The molecule has 2 aromatic heterocycles. The fourth-order valence-corrected chi connectivity index (χ4v) is 6.89. The van der Waals surface area contributed by atoms with Crippen molar-refractivity contribution in [3.63, 3.8) is 0 Å². The molecule has 1 N–H and O–H groups in total. The normalized spacial score (nSPS) is 16.8. The van der Waals surface area contributed by atoms with Gasteiger partial charge in [0.05, 0.1) is 29.0 Å². The first-order valence-electron chi connectivity index (χ1n) is 16.7. The van der Waals surface area contributed by atoms with Crippen LogP contribution in [0.4, 0.5) is 0 Å². The summed E-state index contributed by atoms with van der Waals surface area (Å²) >= 11 is 0. The number of aromatic nitrogens is 2. The summed E-state index contributed by atoms with van der Waals surface area (Å²) in [5.41, 5.74) is 2.74. The Morgan fingerprint density at radius 3 is 2.30 bits per heavy atom. The van der Waals surface area contributed by atoms with E-state index >= 15 is 0 Å². The van der Waals surface area contributed by atoms with E-state index in [4.69, 9.17) is 14.5 Å². The van der Waals surface area contributed by atoms with Crippen LogP contribution in [0, 0.1) is 0 Å². The Morgan fingerprint density at radius 1 is 0.955 bits per heavy atom. The minimum Gasteiger partial charge on any atom is -0.508 e. The number of esters is 2. The van der Waals surface area contributed by atoms with Gasteiger partial charge < -0.3 is 19.1 Å². The van der Waals surface area contributed by atoms with Gasteiger partial charge in [-0.3, -0.25) is 9.59 Å². The first-order valence-corrected chi connectivity index (χ1v) is 16.7. The zero-order valence-corrected chi connectivity index (χ0v) is 26.5. The van der Waals surface area contributed by atoms with Crippen molar-refractivity contribution < 1.29 is 24.2 Å². The fraction of sp³-hybridized carbons (Fsp3) is 0.556. The van der Waals surface area contributed by atoms with Gasteiger partial charge in [-0.25, -0.2) is 9.78 Å². The Hall–Kier alpha value is -3.68. The van der Waals surface area contributed by atoms with Crippen LogP contribution in [0.2, 0.25) is 0 Å². The molecule has 3 aromatic rings. The molecule has 1 atom stereocenters. The first-order chi connectivity index (χ1) is 21.3. The fourth-order valence-electron chi connectivity index (χ4n) is 6.89. The minimum absolute atomic E-state index is 0.156. The zero-order chi connectivity index (χ0) is 31.3. The van der Waals surface area contributed by atoms with Crippen molar-refractivity contribution in [3.8, 4) is 17.1 Å². The van der Waals surface area contributed by atoms with E-state index in [2.05, 4.69) is 6.92 Å². The van der Waals surface area contributed by atoms with Gasteiger partial charge in [0.15, 0.2) is 0 Å². The number of phenolic OH excluding ortho intramolecular Hbond substituents is 1. The number of nitrogens with zero attached hydrogens (tertiary/aromatic N) is 2. The summed E-state index contributed by atoms with van der Waals surface area (Å²) in [6.07, 6.45) is 14.0. The number of unbranched alkanes of at least 4 members (excludes halogenated alkanes) is 10. The van der Waals surface area contributed by atoms with Crippen LogP contribution in [-0.2, 0) is 44.2 Å². The third-order valence-corrected chi connectivity index (χ3v) is 9.38. The lowest BCUT2D eigenvalue weighted by atomic mass is 9.85. The first kappa shape index (κ1) is 31.7. The van der Waals surface area contributed by atoms with Crippen LogP contribution in [-0.4, -0.2) is 26.6 Å². The van der Waals surface area contributed by atoms with Crippen molar-refractivity contribution in [2.45, 2.75) is 129 Å². The van der Waals surface area contributed by atoms with E-state index < -0.39 is 17.5 Å². The number of cyclic esters (lactones) is 1. The van der Waals surface area contributed by atoms with E-state index in [0.29, 0.717) is 41.9 Å². The summed E-state index contributed by atoms with van der Waals surface area (Å²) in [6, 6.07) is 6.89. The molecule has 8 nitrogen and oxygen atoms in total. The topological polar surface area (TPSA) is 108 Å². The van der Waals surface area contributed by atoms with Crippen molar-refractivity contribution >= 4 is 22.8 Å². The van der Waals surface area contributed by atoms with Crippen molar-refractivity contribution in [2.24, 2.45) is 0 Å². The molecule has 0 unspecified atom stereocenters. The maximum Gasteiger partial charge on any atom is 0.355 e. The number of rotatable bonds is 15. The standard InChI is InChI=1S/C36H46N2O6/c1-4-7-8-9-10-11-12-13-14-15-16-17-32(40)44-36(6-3)29-21-31-33-27(22-38(31)34(41)28(29)23-43-35(36)42)25(5-2)26-20-24(39)18-19-30(26)37-33/h18-21,39H,4-17,22-23H2,1-3H3/t36-/m0/s1. The zero-order valence-electron chi connectivity index (χ0n) is 26.5. The summed E-state index contributed by atoms with van der Waals surface area (Å²) in [5, 5.41) is 11.0. The van der Waals surface area contributed by atoms with Crippen LogP contribution >= 0.6 is 0 Å². The molecule has 0 bridgehead atoms. The molecule has 5 rings (SSSR count). The second-order valence-corrected chi connectivity index (χ2v) is 12.3. The van der Waals surface area contributed by atoms with Crippen molar-refractivity contribution in [3.05, 3.63) is 56.9 Å². The molecule has 0 aliphatic carbocycles. The second kappa shape index (κ2) is 14.0. The summed E-state index contributed by atoms with van der Waals surface area (Å²) in [5.74, 6) is -0.931. The van der Waals surface area contributed by atoms with Gasteiger partial charge in [0.25, 0.3) is 5.56 Å². The number of carbonyl (C=O) groups excluding carboxylic acids is 2. The van der Waals surface area contributed by atoms with Crippen molar-refractivity contribution in [1.29, 1.82) is 0 Å².